The first-order valence-corrected chi connectivity index (χ1v) is 7.70. The summed E-state index contributed by atoms with van der Waals surface area (Å²) in [5.41, 5.74) is 6.97. The number of piperidine rings is 1. The Morgan fingerprint density at radius 3 is 3.05 bits per heavy atom. The van der Waals surface area contributed by atoms with Crippen LogP contribution in [0.5, 0.6) is 0 Å². The molecule has 1 fully saturated rings. The molecule has 3 nitrogen and oxygen atoms in total. The summed E-state index contributed by atoms with van der Waals surface area (Å²) >= 11 is 9.45. The fourth-order valence-electron chi connectivity index (χ4n) is 2.37. The van der Waals surface area contributed by atoms with Gasteiger partial charge in [-0.05, 0) is 43.0 Å². The first-order valence-electron chi connectivity index (χ1n) is 6.53. The van der Waals surface area contributed by atoms with Gasteiger partial charge in [-0.15, -0.1) is 0 Å². The molecule has 1 unspecified atom stereocenters. The first kappa shape index (κ1) is 14.8. The van der Waals surface area contributed by atoms with E-state index >= 15 is 0 Å². The predicted molar refractivity (Wildman–Crippen MR) is 81.3 cm³/mol. The number of nitrogens with zero attached hydrogens (tertiary/aromatic N) is 1. The van der Waals surface area contributed by atoms with E-state index in [1.807, 2.05) is 23.1 Å². The molecule has 1 aliphatic rings. The lowest BCUT2D eigenvalue weighted by atomic mass is 10.0. The van der Waals surface area contributed by atoms with Crippen molar-refractivity contribution in [2.75, 3.05) is 13.1 Å². The first-order chi connectivity index (χ1) is 9.06. The topological polar surface area (TPSA) is 46.3 Å². The molecule has 1 heterocycles. The standard InChI is InChI=1S/C14H18BrClN2O/c15-13-5-4-11(16)8-10(13)3-6-14(19)18-7-1-2-12(17)9-18/h4-5,8,12H,1-3,6-7,9,17H2. The number of benzene rings is 1. The summed E-state index contributed by atoms with van der Waals surface area (Å²) in [5.74, 6) is 0.182. The Kier molecular flexibility index (Phi) is 5.25. The number of carbonyl (C=O) groups is 1. The molecule has 0 spiro atoms. The Bertz CT molecular complexity index is 467. The molecule has 0 bridgehead atoms. The molecule has 1 atom stereocenters. The zero-order valence-corrected chi connectivity index (χ0v) is 13.1. The molecular formula is C14H18BrClN2O. The smallest absolute Gasteiger partial charge is 0.222 e. The normalized spacial score (nSPS) is 19.5. The molecule has 1 amide bonds. The fraction of sp³-hybridized carbons (Fsp3) is 0.500. The highest BCUT2D eigenvalue weighted by Crippen LogP contribution is 2.23. The number of rotatable bonds is 3. The minimum Gasteiger partial charge on any atom is -0.341 e. The highest BCUT2D eigenvalue weighted by molar-refractivity contribution is 9.10. The molecule has 0 aromatic heterocycles. The molecule has 0 saturated carbocycles. The van der Waals surface area contributed by atoms with Crippen molar-refractivity contribution in [3.05, 3.63) is 33.3 Å². The molecular weight excluding hydrogens is 328 g/mol. The summed E-state index contributed by atoms with van der Waals surface area (Å²) < 4.78 is 1.00. The molecule has 1 aromatic rings. The molecule has 2 N–H and O–H groups in total. The minimum absolute atomic E-state index is 0.135. The van der Waals surface area contributed by atoms with Crippen LogP contribution in [0.2, 0.25) is 5.02 Å². The molecule has 1 aliphatic heterocycles. The van der Waals surface area contributed by atoms with Gasteiger partial charge in [-0.3, -0.25) is 4.79 Å². The maximum atomic E-state index is 12.1. The van der Waals surface area contributed by atoms with E-state index in [1.165, 1.54) is 0 Å². The van der Waals surface area contributed by atoms with Crippen LogP contribution in [0, 0.1) is 0 Å². The van der Waals surface area contributed by atoms with Crippen molar-refractivity contribution in [2.45, 2.75) is 31.7 Å². The monoisotopic (exact) mass is 344 g/mol. The molecule has 1 aromatic carbocycles. The second kappa shape index (κ2) is 6.73. The van der Waals surface area contributed by atoms with Crippen LogP contribution in [0.1, 0.15) is 24.8 Å². The van der Waals surface area contributed by atoms with Gasteiger partial charge in [0.25, 0.3) is 0 Å². The summed E-state index contributed by atoms with van der Waals surface area (Å²) in [7, 11) is 0. The van der Waals surface area contributed by atoms with Crippen LogP contribution in [0.15, 0.2) is 22.7 Å². The van der Waals surface area contributed by atoms with E-state index in [0.717, 1.165) is 29.4 Å². The second-order valence-electron chi connectivity index (χ2n) is 4.98. The van der Waals surface area contributed by atoms with Crippen molar-refractivity contribution in [1.82, 2.24) is 4.90 Å². The van der Waals surface area contributed by atoms with E-state index < -0.39 is 0 Å². The SMILES string of the molecule is NC1CCCN(C(=O)CCc2cc(Cl)ccc2Br)C1. The molecule has 19 heavy (non-hydrogen) atoms. The summed E-state index contributed by atoms with van der Waals surface area (Å²) in [6.45, 7) is 1.53. The molecule has 0 radical (unpaired) electrons. The van der Waals surface area contributed by atoms with Crippen molar-refractivity contribution < 1.29 is 4.79 Å². The van der Waals surface area contributed by atoms with Gasteiger partial charge in [0.15, 0.2) is 0 Å². The third-order valence-electron chi connectivity index (χ3n) is 3.43. The Hall–Kier alpha value is -0.580. The molecule has 2 rings (SSSR count). The fourth-order valence-corrected chi connectivity index (χ4v) is 3.01. The Labute approximate surface area is 127 Å². The average molecular weight is 346 g/mol. The summed E-state index contributed by atoms with van der Waals surface area (Å²) in [6.07, 6.45) is 3.23. The van der Waals surface area contributed by atoms with Gasteiger partial charge < -0.3 is 10.6 Å². The maximum absolute atomic E-state index is 12.1. The number of hydrogen-bond acceptors (Lipinski definition) is 2. The lowest BCUT2D eigenvalue weighted by Gasteiger charge is -2.30. The second-order valence-corrected chi connectivity index (χ2v) is 6.27. The van der Waals surface area contributed by atoms with Crippen molar-refractivity contribution in [1.29, 1.82) is 0 Å². The number of aryl methyl sites for hydroxylation is 1. The lowest BCUT2D eigenvalue weighted by molar-refractivity contribution is -0.132. The van der Waals surface area contributed by atoms with Gasteiger partial charge in [-0.2, -0.15) is 0 Å². The molecule has 5 heteroatoms. The Balaban J connectivity index is 1.91. The zero-order chi connectivity index (χ0) is 13.8. The highest BCUT2D eigenvalue weighted by atomic mass is 79.9. The largest absolute Gasteiger partial charge is 0.341 e. The maximum Gasteiger partial charge on any atom is 0.222 e. The number of carbonyl (C=O) groups excluding carboxylic acids is 1. The van der Waals surface area contributed by atoms with Gasteiger partial charge in [-0.25, -0.2) is 0 Å². The van der Waals surface area contributed by atoms with Crippen LogP contribution in [-0.4, -0.2) is 29.9 Å². The third-order valence-corrected chi connectivity index (χ3v) is 4.44. The number of amides is 1. The van der Waals surface area contributed by atoms with Crippen LogP contribution < -0.4 is 5.73 Å². The highest BCUT2D eigenvalue weighted by Gasteiger charge is 2.20. The van der Waals surface area contributed by atoms with Crippen LogP contribution in [-0.2, 0) is 11.2 Å². The van der Waals surface area contributed by atoms with Crippen LogP contribution in [0.4, 0.5) is 0 Å². The third kappa shape index (κ3) is 4.20. The van der Waals surface area contributed by atoms with E-state index in [-0.39, 0.29) is 11.9 Å². The average Bonchev–Trinajstić information content (AvgIpc) is 2.39. The van der Waals surface area contributed by atoms with Gasteiger partial charge >= 0.3 is 0 Å². The quantitative estimate of drug-likeness (QED) is 0.915. The minimum atomic E-state index is 0.135. The number of halogens is 2. The van der Waals surface area contributed by atoms with Crippen molar-refractivity contribution in [2.24, 2.45) is 5.73 Å². The lowest BCUT2D eigenvalue weighted by Crippen LogP contribution is -2.45. The van der Waals surface area contributed by atoms with Crippen LogP contribution in [0.25, 0.3) is 0 Å². The van der Waals surface area contributed by atoms with E-state index in [2.05, 4.69) is 15.9 Å². The Morgan fingerprint density at radius 1 is 1.53 bits per heavy atom. The van der Waals surface area contributed by atoms with E-state index in [4.69, 9.17) is 17.3 Å². The van der Waals surface area contributed by atoms with E-state index in [0.29, 0.717) is 24.4 Å². The van der Waals surface area contributed by atoms with Crippen LogP contribution >= 0.6 is 27.5 Å². The summed E-state index contributed by atoms with van der Waals surface area (Å²) in [5, 5.41) is 0.700. The number of nitrogens with two attached hydrogens (primary N) is 1. The van der Waals surface area contributed by atoms with Gasteiger partial charge in [0.2, 0.25) is 5.91 Å². The van der Waals surface area contributed by atoms with Gasteiger partial charge in [-0.1, -0.05) is 27.5 Å². The van der Waals surface area contributed by atoms with Gasteiger partial charge in [0.05, 0.1) is 0 Å². The number of hydrogen-bond donors (Lipinski definition) is 1. The van der Waals surface area contributed by atoms with Crippen molar-refractivity contribution in [3.63, 3.8) is 0 Å². The van der Waals surface area contributed by atoms with E-state index in [9.17, 15) is 4.79 Å². The van der Waals surface area contributed by atoms with Crippen molar-refractivity contribution in [3.8, 4) is 0 Å². The predicted octanol–water partition coefficient (Wildman–Crippen LogP) is 2.98. The van der Waals surface area contributed by atoms with Crippen LogP contribution in [0.3, 0.4) is 0 Å². The van der Waals surface area contributed by atoms with E-state index in [1.54, 1.807) is 0 Å². The summed E-state index contributed by atoms with van der Waals surface area (Å²) in [6, 6.07) is 5.79. The Morgan fingerprint density at radius 2 is 2.32 bits per heavy atom. The molecule has 0 aliphatic carbocycles. The molecule has 1 saturated heterocycles. The zero-order valence-electron chi connectivity index (χ0n) is 10.7. The molecule has 104 valence electrons. The van der Waals surface area contributed by atoms with Gasteiger partial charge in [0, 0.05) is 35.0 Å². The van der Waals surface area contributed by atoms with Gasteiger partial charge in [0.1, 0.15) is 0 Å². The number of likely N-dealkylation sites (tertiary alicyclic amines) is 1. The van der Waals surface area contributed by atoms with Crippen molar-refractivity contribution >= 4 is 33.4 Å². The summed E-state index contributed by atoms with van der Waals surface area (Å²) in [4.78, 5) is 14.0.